The molecule has 102 valence electrons. The molecule has 0 unspecified atom stereocenters. The molecule has 0 fully saturated rings. The Morgan fingerprint density at radius 3 is 2.79 bits per heavy atom. The van der Waals surface area contributed by atoms with E-state index in [1.807, 2.05) is 0 Å². The van der Waals surface area contributed by atoms with Crippen molar-refractivity contribution in [3.63, 3.8) is 0 Å². The average molecular weight is 302 g/mol. The number of amides is 1. The topological polar surface area (TPSA) is 119 Å². The van der Waals surface area contributed by atoms with Crippen molar-refractivity contribution in [1.29, 1.82) is 0 Å². The van der Waals surface area contributed by atoms with E-state index in [-0.39, 0.29) is 10.8 Å². The highest BCUT2D eigenvalue weighted by Crippen LogP contribution is 2.30. The van der Waals surface area contributed by atoms with Gasteiger partial charge in [0.05, 0.1) is 0 Å². The van der Waals surface area contributed by atoms with Gasteiger partial charge in [-0.1, -0.05) is 0 Å². The number of primary sulfonamides is 1. The molecule has 0 aliphatic rings. The number of nitrogens with one attached hydrogen (secondary N) is 1. The van der Waals surface area contributed by atoms with Crippen molar-refractivity contribution in [2.45, 2.75) is 4.21 Å². The van der Waals surface area contributed by atoms with Crippen LogP contribution in [0.5, 0.6) is 5.75 Å². The zero-order valence-electron chi connectivity index (χ0n) is 9.49. The molecule has 0 aliphatic heterocycles. The number of hydrogen-bond donors (Lipinski definition) is 3. The van der Waals surface area contributed by atoms with E-state index in [2.05, 4.69) is 0 Å². The van der Waals surface area contributed by atoms with Gasteiger partial charge >= 0.3 is 0 Å². The maximum atomic E-state index is 11.2. The Morgan fingerprint density at radius 2 is 2.16 bits per heavy atom. The van der Waals surface area contributed by atoms with Gasteiger partial charge in [-0.25, -0.2) is 19.0 Å². The average Bonchev–Trinajstić information content (AvgIpc) is 2.78. The molecule has 1 aromatic carbocycles. The fraction of sp³-hybridized carbons (Fsp3) is 0.100. The fourth-order valence-corrected chi connectivity index (χ4v) is 3.21. The molecule has 0 spiro atoms. The van der Waals surface area contributed by atoms with Crippen molar-refractivity contribution in [3.05, 3.63) is 24.3 Å². The second kappa shape index (κ2) is 5.13. The lowest BCUT2D eigenvalue weighted by Gasteiger charge is -2.04. The van der Waals surface area contributed by atoms with Crippen LogP contribution in [0.25, 0.3) is 10.1 Å². The zero-order valence-corrected chi connectivity index (χ0v) is 11.1. The van der Waals surface area contributed by atoms with Crippen molar-refractivity contribution in [2.24, 2.45) is 5.14 Å². The fourth-order valence-electron chi connectivity index (χ4n) is 1.41. The Hall–Kier alpha value is -1.68. The van der Waals surface area contributed by atoms with E-state index in [9.17, 15) is 13.2 Å². The summed E-state index contributed by atoms with van der Waals surface area (Å²) in [5.41, 5.74) is 1.44. The molecule has 7 nitrogen and oxygen atoms in total. The number of thiophene rings is 1. The van der Waals surface area contributed by atoms with Gasteiger partial charge in [-0.15, -0.1) is 11.3 Å². The van der Waals surface area contributed by atoms with Gasteiger partial charge in [0.2, 0.25) is 10.0 Å². The third-order valence-corrected chi connectivity index (χ3v) is 4.78. The first-order valence-electron chi connectivity index (χ1n) is 5.02. The molecule has 1 aromatic heterocycles. The monoisotopic (exact) mass is 302 g/mol. The van der Waals surface area contributed by atoms with Crippen LogP contribution in [0.1, 0.15) is 0 Å². The largest absolute Gasteiger partial charge is 0.484 e. The smallest absolute Gasteiger partial charge is 0.281 e. The summed E-state index contributed by atoms with van der Waals surface area (Å²) in [6.07, 6.45) is 0. The van der Waals surface area contributed by atoms with Crippen LogP contribution < -0.4 is 15.4 Å². The number of carbonyl (C=O) groups excluding carboxylic acids is 1. The van der Waals surface area contributed by atoms with Gasteiger partial charge < -0.3 is 4.74 Å². The Balaban J connectivity index is 2.28. The predicted molar refractivity (Wildman–Crippen MR) is 68.6 cm³/mol. The normalized spacial score (nSPS) is 11.5. The van der Waals surface area contributed by atoms with Crippen LogP contribution in [0.15, 0.2) is 28.5 Å². The molecule has 0 aliphatic carbocycles. The van der Waals surface area contributed by atoms with E-state index in [0.717, 1.165) is 16.0 Å². The van der Waals surface area contributed by atoms with E-state index in [4.69, 9.17) is 15.1 Å². The Labute approximate surface area is 112 Å². The second-order valence-corrected chi connectivity index (χ2v) is 6.51. The quantitative estimate of drug-likeness (QED) is 0.559. The van der Waals surface area contributed by atoms with Crippen molar-refractivity contribution in [1.82, 2.24) is 5.48 Å². The summed E-state index contributed by atoms with van der Waals surface area (Å²) in [5.74, 6) is -0.300. The molecule has 0 bridgehead atoms. The highest BCUT2D eigenvalue weighted by molar-refractivity contribution is 7.91. The first-order chi connectivity index (χ1) is 8.90. The van der Waals surface area contributed by atoms with E-state index in [1.54, 1.807) is 18.2 Å². The van der Waals surface area contributed by atoms with Gasteiger partial charge in [0.15, 0.2) is 6.61 Å². The minimum atomic E-state index is -3.73. The van der Waals surface area contributed by atoms with Crippen LogP contribution in [-0.4, -0.2) is 26.1 Å². The molecule has 0 saturated carbocycles. The summed E-state index contributed by atoms with van der Waals surface area (Å²) in [4.78, 5) is 10.8. The molecule has 2 aromatic rings. The molecule has 19 heavy (non-hydrogen) atoms. The van der Waals surface area contributed by atoms with E-state index >= 15 is 0 Å². The number of carbonyl (C=O) groups is 1. The summed E-state index contributed by atoms with van der Waals surface area (Å²) >= 11 is 1.05. The lowest BCUT2D eigenvalue weighted by Crippen LogP contribution is -2.25. The molecule has 0 atom stereocenters. The summed E-state index contributed by atoms with van der Waals surface area (Å²) in [5, 5.41) is 14.0. The maximum Gasteiger partial charge on any atom is 0.281 e. The number of nitrogens with two attached hydrogens (primary N) is 1. The summed E-state index contributed by atoms with van der Waals surface area (Å²) in [6.45, 7) is -0.339. The van der Waals surface area contributed by atoms with E-state index in [0.29, 0.717) is 11.1 Å². The van der Waals surface area contributed by atoms with Gasteiger partial charge in [-0.2, -0.15) is 0 Å². The summed E-state index contributed by atoms with van der Waals surface area (Å²) in [7, 11) is -3.73. The standard InChI is InChI=1S/C10H10N2O5S2/c11-19(15,16)10-4-6-3-7(1-2-8(6)18-10)17-5-9(13)12-14/h1-4,14H,5H2,(H,12,13)(H2,11,15,16). The van der Waals surface area contributed by atoms with Crippen molar-refractivity contribution in [2.75, 3.05) is 6.61 Å². The molecule has 2 rings (SSSR count). The molecule has 1 heterocycles. The highest BCUT2D eigenvalue weighted by atomic mass is 32.2. The second-order valence-electron chi connectivity index (χ2n) is 3.63. The first kappa shape index (κ1) is 13.7. The summed E-state index contributed by atoms with van der Waals surface area (Å²) in [6, 6.07) is 6.29. The van der Waals surface area contributed by atoms with E-state index < -0.39 is 15.9 Å². The van der Waals surface area contributed by atoms with Crippen molar-refractivity contribution in [3.8, 4) is 5.75 Å². The van der Waals surface area contributed by atoms with Gasteiger partial charge in [0.1, 0.15) is 9.96 Å². The zero-order chi connectivity index (χ0) is 14.0. The van der Waals surface area contributed by atoms with Crippen molar-refractivity contribution >= 4 is 37.4 Å². The highest BCUT2D eigenvalue weighted by Gasteiger charge is 2.12. The van der Waals surface area contributed by atoms with Crippen LogP contribution >= 0.6 is 11.3 Å². The maximum absolute atomic E-state index is 11.2. The van der Waals surface area contributed by atoms with Crippen LogP contribution in [0.3, 0.4) is 0 Å². The number of benzene rings is 1. The van der Waals surface area contributed by atoms with Gasteiger partial charge in [0, 0.05) is 4.70 Å². The third kappa shape index (κ3) is 3.20. The molecule has 0 radical (unpaired) electrons. The summed E-state index contributed by atoms with van der Waals surface area (Å²) < 4.78 is 28.4. The molecular formula is C10H10N2O5S2. The predicted octanol–water partition coefficient (Wildman–Crippen LogP) is 0.433. The third-order valence-electron chi connectivity index (χ3n) is 2.24. The molecule has 9 heteroatoms. The molecule has 1 amide bonds. The van der Waals surface area contributed by atoms with Gasteiger partial charge in [-0.05, 0) is 29.7 Å². The number of ether oxygens (including phenoxy) is 1. The molecule has 4 N–H and O–H groups in total. The van der Waals surface area contributed by atoms with Gasteiger partial charge in [0.25, 0.3) is 5.91 Å². The number of rotatable bonds is 4. The molecule has 0 saturated heterocycles. The Kier molecular flexibility index (Phi) is 3.71. The van der Waals surface area contributed by atoms with Gasteiger partial charge in [-0.3, -0.25) is 10.0 Å². The molecular weight excluding hydrogens is 292 g/mol. The minimum absolute atomic E-state index is 0.0627. The minimum Gasteiger partial charge on any atom is -0.484 e. The van der Waals surface area contributed by atoms with Crippen LogP contribution in [0.2, 0.25) is 0 Å². The number of sulfonamides is 1. The number of hydroxylamine groups is 1. The van der Waals surface area contributed by atoms with Crippen LogP contribution in [-0.2, 0) is 14.8 Å². The first-order valence-corrected chi connectivity index (χ1v) is 7.38. The van der Waals surface area contributed by atoms with Crippen LogP contribution in [0.4, 0.5) is 0 Å². The Morgan fingerprint density at radius 1 is 1.42 bits per heavy atom. The van der Waals surface area contributed by atoms with Crippen molar-refractivity contribution < 1.29 is 23.2 Å². The van der Waals surface area contributed by atoms with E-state index in [1.165, 1.54) is 11.5 Å². The number of hydrogen-bond acceptors (Lipinski definition) is 6. The Bertz CT molecular complexity index is 723. The van der Waals surface area contributed by atoms with Crippen LogP contribution in [0, 0.1) is 0 Å². The number of fused-ring (bicyclic) bond motifs is 1. The SMILES string of the molecule is NS(=O)(=O)c1cc2cc(OCC(=O)NO)ccc2s1. The lowest BCUT2D eigenvalue weighted by atomic mass is 10.2. The lowest BCUT2D eigenvalue weighted by molar-refractivity contribution is -0.131.